The van der Waals surface area contributed by atoms with Gasteiger partial charge in [0.1, 0.15) is 0 Å². The lowest BCUT2D eigenvalue weighted by Crippen LogP contribution is -2.25. The van der Waals surface area contributed by atoms with Gasteiger partial charge in [-0.3, -0.25) is 0 Å². The van der Waals surface area contributed by atoms with Gasteiger partial charge in [0.15, 0.2) is 0 Å². The Labute approximate surface area is 116 Å². The van der Waals surface area contributed by atoms with E-state index < -0.39 is 20.2 Å². The Morgan fingerprint density at radius 2 is 1.90 bits per heavy atom. The minimum Gasteiger partial charge on any atom is -0.384 e. The summed E-state index contributed by atoms with van der Waals surface area (Å²) in [5.41, 5.74) is 0.0229. The van der Waals surface area contributed by atoms with E-state index in [1.165, 1.54) is 18.2 Å². The number of rotatable bonds is 6. The van der Waals surface area contributed by atoms with Crippen LogP contribution in [0.4, 0.5) is 18.9 Å². The van der Waals surface area contributed by atoms with Crippen molar-refractivity contribution in [2.45, 2.75) is 23.7 Å². The lowest BCUT2D eigenvalue weighted by Gasteiger charge is -2.16. The summed E-state index contributed by atoms with van der Waals surface area (Å²) < 4.78 is 60.7. The number of nitrogens with one attached hydrogen (secondary N) is 1. The second-order valence-corrected chi connectivity index (χ2v) is 6.42. The molecule has 20 heavy (non-hydrogen) atoms. The topological polar surface area (TPSA) is 72.2 Å². The van der Waals surface area contributed by atoms with Gasteiger partial charge in [-0.2, -0.15) is 13.2 Å². The molecule has 1 atom stereocenters. The summed E-state index contributed by atoms with van der Waals surface area (Å²) in [7, 11) is -5.35. The van der Waals surface area contributed by atoms with Gasteiger partial charge in [-0.05, 0) is 31.0 Å². The molecule has 0 saturated carbocycles. The number of nitrogens with two attached hydrogens (primary N) is 1. The molecule has 0 aliphatic heterocycles. The molecule has 114 valence electrons. The monoisotopic (exact) mass is 310 g/mol. The molecule has 0 spiro atoms. The van der Waals surface area contributed by atoms with Crippen molar-refractivity contribution in [3.05, 3.63) is 24.3 Å². The van der Waals surface area contributed by atoms with Gasteiger partial charge in [-0.15, -0.1) is 0 Å². The molecule has 0 amide bonds. The van der Waals surface area contributed by atoms with Crippen molar-refractivity contribution in [2.24, 2.45) is 11.7 Å². The Hall–Kier alpha value is -1.28. The maximum Gasteiger partial charge on any atom is 0.501 e. The van der Waals surface area contributed by atoms with Crippen molar-refractivity contribution in [3.63, 3.8) is 0 Å². The molecule has 0 radical (unpaired) electrons. The Morgan fingerprint density at radius 3 is 2.45 bits per heavy atom. The normalized spacial score (nSPS) is 14.1. The number of hydrogen-bond acceptors (Lipinski definition) is 4. The minimum atomic E-state index is -5.35. The molecule has 1 aromatic carbocycles. The molecule has 1 aromatic rings. The highest BCUT2D eigenvalue weighted by Gasteiger charge is 2.47. The summed E-state index contributed by atoms with van der Waals surface area (Å²) in [4.78, 5) is -0.757. The Balaban J connectivity index is 3.01. The van der Waals surface area contributed by atoms with Gasteiger partial charge in [0, 0.05) is 6.54 Å². The van der Waals surface area contributed by atoms with E-state index in [2.05, 4.69) is 5.32 Å². The van der Waals surface area contributed by atoms with Crippen molar-refractivity contribution in [2.75, 3.05) is 18.4 Å². The van der Waals surface area contributed by atoms with E-state index in [-0.39, 0.29) is 11.6 Å². The van der Waals surface area contributed by atoms with Crippen molar-refractivity contribution >= 4 is 15.5 Å². The lowest BCUT2D eigenvalue weighted by molar-refractivity contribution is -0.0435. The molecule has 8 heteroatoms. The van der Waals surface area contributed by atoms with Gasteiger partial charge in [0.25, 0.3) is 9.84 Å². The zero-order valence-corrected chi connectivity index (χ0v) is 11.8. The summed E-state index contributed by atoms with van der Waals surface area (Å²) in [5, 5.41) is 2.74. The first-order valence-corrected chi connectivity index (χ1v) is 7.52. The van der Waals surface area contributed by atoms with Crippen LogP contribution in [0, 0.1) is 5.92 Å². The number of alkyl halides is 3. The molecule has 0 aliphatic carbocycles. The third-order valence-electron chi connectivity index (χ3n) is 2.78. The van der Waals surface area contributed by atoms with Crippen LogP contribution in [0.1, 0.15) is 13.3 Å². The maximum absolute atomic E-state index is 12.6. The summed E-state index contributed by atoms with van der Waals surface area (Å²) in [6.07, 6.45) is 0.696. The van der Waals surface area contributed by atoms with E-state index >= 15 is 0 Å². The van der Waals surface area contributed by atoms with E-state index in [0.717, 1.165) is 6.07 Å². The number of hydrogen-bond donors (Lipinski definition) is 2. The molecule has 0 heterocycles. The fourth-order valence-corrected chi connectivity index (χ4v) is 2.58. The number of anilines is 1. The van der Waals surface area contributed by atoms with Crippen LogP contribution < -0.4 is 11.1 Å². The molecular formula is C12H17F3N2O2S. The third kappa shape index (κ3) is 3.86. The lowest BCUT2D eigenvalue weighted by atomic mass is 10.1. The predicted octanol–water partition coefficient (Wildman–Crippen LogP) is 2.38. The quantitative estimate of drug-likeness (QED) is 0.846. The van der Waals surface area contributed by atoms with Crippen LogP contribution in [-0.2, 0) is 9.84 Å². The van der Waals surface area contributed by atoms with Crippen LogP contribution in [0.2, 0.25) is 0 Å². The minimum absolute atomic E-state index is 0.0475. The van der Waals surface area contributed by atoms with E-state index in [1.807, 2.05) is 6.92 Å². The van der Waals surface area contributed by atoms with Gasteiger partial charge < -0.3 is 11.1 Å². The van der Waals surface area contributed by atoms with Crippen molar-refractivity contribution in [1.82, 2.24) is 0 Å². The largest absolute Gasteiger partial charge is 0.501 e. The van der Waals surface area contributed by atoms with E-state index in [9.17, 15) is 21.6 Å². The van der Waals surface area contributed by atoms with Crippen molar-refractivity contribution < 1.29 is 21.6 Å². The van der Waals surface area contributed by atoms with Crippen LogP contribution in [-0.4, -0.2) is 27.0 Å². The first-order valence-electron chi connectivity index (χ1n) is 6.04. The number of halogens is 3. The van der Waals surface area contributed by atoms with Gasteiger partial charge in [0.05, 0.1) is 10.6 Å². The Bertz CT molecular complexity index is 544. The first kappa shape index (κ1) is 16.8. The zero-order chi connectivity index (χ0) is 15.4. The molecule has 0 aliphatic rings. The van der Waals surface area contributed by atoms with Crippen LogP contribution in [0.3, 0.4) is 0 Å². The number of benzene rings is 1. The molecule has 3 N–H and O–H groups in total. The van der Waals surface area contributed by atoms with Crippen LogP contribution >= 0.6 is 0 Å². The maximum atomic E-state index is 12.6. The van der Waals surface area contributed by atoms with Crippen LogP contribution in [0.25, 0.3) is 0 Å². The van der Waals surface area contributed by atoms with E-state index in [1.54, 1.807) is 0 Å². The fourth-order valence-electron chi connectivity index (χ4n) is 1.64. The summed E-state index contributed by atoms with van der Waals surface area (Å²) >= 11 is 0. The highest BCUT2D eigenvalue weighted by Crippen LogP contribution is 2.34. The molecule has 1 unspecified atom stereocenters. The molecule has 0 bridgehead atoms. The standard InChI is InChI=1S/C12H17F3N2O2S/c1-9(6-7-16)8-17-10-4-2-3-5-11(10)20(18,19)12(13,14)15/h2-5,9,17H,6-8,16H2,1H3. The van der Waals surface area contributed by atoms with E-state index in [4.69, 9.17) is 5.73 Å². The fraction of sp³-hybridized carbons (Fsp3) is 0.500. The van der Waals surface area contributed by atoms with Gasteiger partial charge in [-0.1, -0.05) is 19.1 Å². The smallest absolute Gasteiger partial charge is 0.384 e. The Morgan fingerprint density at radius 1 is 1.30 bits per heavy atom. The average molecular weight is 310 g/mol. The summed E-state index contributed by atoms with van der Waals surface area (Å²) in [6.45, 7) is 2.69. The molecule has 4 nitrogen and oxygen atoms in total. The van der Waals surface area contributed by atoms with Crippen molar-refractivity contribution in [1.29, 1.82) is 0 Å². The first-order chi connectivity index (χ1) is 9.20. The predicted molar refractivity (Wildman–Crippen MR) is 71.0 cm³/mol. The molecule has 0 saturated heterocycles. The van der Waals surface area contributed by atoms with Gasteiger partial charge >= 0.3 is 5.51 Å². The second-order valence-electron chi connectivity index (χ2n) is 4.51. The second kappa shape index (κ2) is 6.45. The molecule has 0 fully saturated rings. The third-order valence-corrected chi connectivity index (χ3v) is 4.33. The highest BCUT2D eigenvalue weighted by molar-refractivity contribution is 7.92. The molecule has 0 aromatic heterocycles. The summed E-state index contributed by atoms with van der Waals surface area (Å²) in [5.74, 6) is 0.127. The van der Waals surface area contributed by atoms with Crippen LogP contribution in [0.5, 0.6) is 0 Å². The number of para-hydroxylation sites is 1. The SMILES string of the molecule is CC(CCN)CNc1ccccc1S(=O)(=O)C(F)(F)F. The highest BCUT2D eigenvalue weighted by atomic mass is 32.2. The Kier molecular flexibility index (Phi) is 5.41. The number of sulfone groups is 1. The summed E-state index contributed by atoms with van der Waals surface area (Å²) in [6, 6.07) is 4.99. The molecular weight excluding hydrogens is 293 g/mol. The van der Waals surface area contributed by atoms with Crippen LogP contribution in [0.15, 0.2) is 29.2 Å². The van der Waals surface area contributed by atoms with Crippen molar-refractivity contribution in [3.8, 4) is 0 Å². The van der Waals surface area contributed by atoms with Gasteiger partial charge in [0.2, 0.25) is 0 Å². The van der Waals surface area contributed by atoms with Gasteiger partial charge in [-0.25, -0.2) is 8.42 Å². The van der Waals surface area contributed by atoms with E-state index in [0.29, 0.717) is 19.5 Å². The zero-order valence-electron chi connectivity index (χ0n) is 10.9. The average Bonchev–Trinajstić information content (AvgIpc) is 2.35. The molecule has 1 rings (SSSR count).